The summed E-state index contributed by atoms with van der Waals surface area (Å²) < 4.78 is 7.52. The monoisotopic (exact) mass is 467 g/mol. The number of rotatable bonds is 8. The van der Waals surface area contributed by atoms with Gasteiger partial charge < -0.3 is 4.53 Å². The van der Waals surface area contributed by atoms with Gasteiger partial charge in [-0.3, -0.25) is 9.86 Å². The topological polar surface area (TPSA) is 29.5 Å². The number of anilines is 1. The minimum Gasteiger partial charge on any atom is -0.320 e. The number of ketones is 1. The molecule has 0 N–H and O–H groups in total. The van der Waals surface area contributed by atoms with Gasteiger partial charge in [-0.2, -0.15) is 0 Å². The fourth-order valence-corrected chi connectivity index (χ4v) is 4.19. The smallest absolute Gasteiger partial charge is 0.220 e. The molecule has 0 saturated carbocycles. The van der Waals surface area contributed by atoms with E-state index in [4.69, 9.17) is 4.53 Å². The summed E-state index contributed by atoms with van der Waals surface area (Å²) in [5.74, 6) is 0.0959. The van der Waals surface area contributed by atoms with E-state index in [0.29, 0.717) is 6.42 Å². The van der Waals surface area contributed by atoms with Crippen molar-refractivity contribution in [2.75, 3.05) is 5.06 Å². The first-order valence-corrected chi connectivity index (χ1v) is 13.9. The van der Waals surface area contributed by atoms with Crippen LogP contribution in [0.3, 0.4) is 0 Å². The summed E-state index contributed by atoms with van der Waals surface area (Å²) >= 11 is 3.51. The Hall–Kier alpha value is -2.21. The molecule has 0 aromatic heterocycles. The first-order chi connectivity index (χ1) is 13.8. The van der Waals surface area contributed by atoms with Gasteiger partial charge in [0.05, 0.1) is 11.7 Å². The number of Topliss-reactive ketones (excluding diaryl/α,β-unsaturated/α-hetero) is 1. The third-order valence-electron chi connectivity index (χ3n) is 4.40. The van der Waals surface area contributed by atoms with E-state index in [0.717, 1.165) is 21.3 Å². The van der Waals surface area contributed by atoms with E-state index in [1.807, 2.05) is 77.9 Å². The standard InChI is InChI=1S/C24H26BrNO2Si/c1-29(2,3)28-26(22-12-8-5-9-13-22)23(19-14-16-21(25)17-15-19)18-24(27)20-10-6-4-7-11-20/h4-17,23H,18H2,1-3H3. The number of hydroxylamine groups is 1. The molecule has 0 saturated heterocycles. The van der Waals surface area contributed by atoms with Gasteiger partial charge in [0, 0.05) is 16.5 Å². The van der Waals surface area contributed by atoms with Gasteiger partial charge in [-0.1, -0.05) is 76.6 Å². The molecule has 0 spiro atoms. The van der Waals surface area contributed by atoms with Crippen LogP contribution in [0.15, 0.2) is 89.4 Å². The number of nitrogens with zero attached hydrogens (tertiary/aromatic N) is 1. The lowest BCUT2D eigenvalue weighted by Crippen LogP contribution is -2.40. The van der Waals surface area contributed by atoms with E-state index in [1.54, 1.807) is 0 Å². The average Bonchev–Trinajstić information content (AvgIpc) is 2.72. The quantitative estimate of drug-likeness (QED) is 0.202. The summed E-state index contributed by atoms with van der Waals surface area (Å²) in [6, 6.07) is 27.4. The van der Waals surface area contributed by atoms with Crippen molar-refractivity contribution in [1.82, 2.24) is 0 Å². The Morgan fingerprint density at radius 1 is 0.897 bits per heavy atom. The van der Waals surface area contributed by atoms with Crippen LogP contribution >= 0.6 is 15.9 Å². The Morgan fingerprint density at radius 3 is 2.00 bits per heavy atom. The second-order valence-electron chi connectivity index (χ2n) is 7.93. The van der Waals surface area contributed by atoms with Crippen LogP contribution in [0.5, 0.6) is 0 Å². The van der Waals surface area contributed by atoms with Crippen molar-refractivity contribution in [2.45, 2.75) is 32.1 Å². The lowest BCUT2D eigenvalue weighted by molar-refractivity contribution is 0.0953. The van der Waals surface area contributed by atoms with Crippen LogP contribution in [0.2, 0.25) is 19.6 Å². The second-order valence-corrected chi connectivity index (χ2v) is 13.2. The largest absolute Gasteiger partial charge is 0.320 e. The van der Waals surface area contributed by atoms with Crippen LogP contribution in [0.1, 0.15) is 28.4 Å². The molecule has 3 aromatic rings. The average molecular weight is 468 g/mol. The molecule has 1 unspecified atom stereocenters. The number of carbonyl (C=O) groups excluding carboxylic acids is 1. The molecule has 0 aliphatic carbocycles. The van der Waals surface area contributed by atoms with Crippen molar-refractivity contribution in [3.63, 3.8) is 0 Å². The van der Waals surface area contributed by atoms with Gasteiger partial charge in [0.2, 0.25) is 8.32 Å². The molecule has 0 aliphatic rings. The fourth-order valence-electron chi connectivity index (χ4n) is 3.10. The van der Waals surface area contributed by atoms with E-state index in [1.165, 1.54) is 0 Å². The summed E-state index contributed by atoms with van der Waals surface area (Å²) in [6.07, 6.45) is 0.324. The van der Waals surface area contributed by atoms with Gasteiger partial charge in [0.15, 0.2) is 5.78 Å². The molecule has 0 bridgehead atoms. The molecule has 3 rings (SSSR count). The molecule has 0 heterocycles. The Balaban J connectivity index is 2.03. The maximum Gasteiger partial charge on any atom is 0.220 e. The van der Waals surface area contributed by atoms with E-state index < -0.39 is 8.32 Å². The number of benzene rings is 3. The highest BCUT2D eigenvalue weighted by Crippen LogP contribution is 2.33. The lowest BCUT2D eigenvalue weighted by Gasteiger charge is -2.37. The summed E-state index contributed by atoms with van der Waals surface area (Å²) in [5.41, 5.74) is 2.71. The van der Waals surface area contributed by atoms with E-state index in [-0.39, 0.29) is 11.8 Å². The Kier molecular flexibility index (Phi) is 7.06. The zero-order valence-electron chi connectivity index (χ0n) is 17.0. The Labute approximate surface area is 182 Å². The fraction of sp³-hybridized carbons (Fsp3) is 0.208. The van der Waals surface area contributed by atoms with E-state index in [2.05, 4.69) is 47.7 Å². The molecular weight excluding hydrogens is 442 g/mol. The van der Waals surface area contributed by atoms with Gasteiger partial charge >= 0.3 is 0 Å². The molecule has 0 fully saturated rings. The second kappa shape index (κ2) is 9.52. The minimum absolute atomic E-state index is 0.0959. The van der Waals surface area contributed by atoms with Crippen LogP contribution in [0.25, 0.3) is 0 Å². The van der Waals surface area contributed by atoms with Gasteiger partial charge in [0.1, 0.15) is 0 Å². The molecule has 0 radical (unpaired) electrons. The summed E-state index contributed by atoms with van der Waals surface area (Å²) in [4.78, 5) is 13.1. The van der Waals surface area contributed by atoms with Crippen LogP contribution in [0, 0.1) is 0 Å². The Bertz CT molecular complexity index is 925. The first kappa shape index (κ1) is 21.5. The summed E-state index contributed by atoms with van der Waals surface area (Å²) in [7, 11) is -1.93. The molecule has 1 atom stereocenters. The highest BCUT2D eigenvalue weighted by Gasteiger charge is 2.30. The number of hydrogen-bond acceptors (Lipinski definition) is 3. The van der Waals surface area contributed by atoms with Crippen molar-refractivity contribution in [2.24, 2.45) is 0 Å². The molecule has 3 aromatic carbocycles. The molecule has 0 aliphatic heterocycles. The number of hydrogen-bond donors (Lipinski definition) is 0. The van der Waals surface area contributed by atoms with Gasteiger partial charge in [-0.05, 0) is 49.5 Å². The van der Waals surface area contributed by atoms with Crippen molar-refractivity contribution >= 4 is 35.7 Å². The molecule has 150 valence electrons. The van der Waals surface area contributed by atoms with Crippen LogP contribution < -0.4 is 5.06 Å². The maximum atomic E-state index is 13.1. The normalized spacial score (nSPS) is 12.4. The van der Waals surface area contributed by atoms with Crippen LogP contribution in [-0.4, -0.2) is 14.1 Å². The third kappa shape index (κ3) is 6.13. The third-order valence-corrected chi connectivity index (χ3v) is 5.67. The predicted molar refractivity (Wildman–Crippen MR) is 126 cm³/mol. The molecule has 0 amide bonds. The summed E-state index contributed by atoms with van der Waals surface area (Å²) in [6.45, 7) is 6.46. The molecule has 5 heteroatoms. The van der Waals surface area contributed by atoms with Crippen molar-refractivity contribution < 1.29 is 9.32 Å². The molecule has 29 heavy (non-hydrogen) atoms. The number of carbonyl (C=O) groups is 1. The highest BCUT2D eigenvalue weighted by molar-refractivity contribution is 9.10. The van der Waals surface area contributed by atoms with Crippen molar-refractivity contribution in [3.8, 4) is 0 Å². The molecule has 3 nitrogen and oxygen atoms in total. The van der Waals surface area contributed by atoms with Gasteiger partial charge in [0.25, 0.3) is 0 Å². The van der Waals surface area contributed by atoms with Crippen molar-refractivity contribution in [3.05, 3.63) is 101 Å². The number of para-hydroxylation sites is 1. The first-order valence-electron chi connectivity index (χ1n) is 9.70. The van der Waals surface area contributed by atoms with Crippen LogP contribution in [0.4, 0.5) is 5.69 Å². The van der Waals surface area contributed by atoms with Gasteiger partial charge in [-0.15, -0.1) is 0 Å². The highest BCUT2D eigenvalue weighted by atomic mass is 79.9. The maximum absolute atomic E-state index is 13.1. The SMILES string of the molecule is C[Si](C)(C)ON(c1ccccc1)C(CC(=O)c1ccccc1)c1ccc(Br)cc1. The van der Waals surface area contributed by atoms with Crippen molar-refractivity contribution in [1.29, 1.82) is 0 Å². The van der Waals surface area contributed by atoms with E-state index >= 15 is 0 Å². The lowest BCUT2D eigenvalue weighted by atomic mass is 9.97. The Morgan fingerprint density at radius 2 is 1.45 bits per heavy atom. The summed E-state index contributed by atoms with van der Waals surface area (Å²) in [5, 5.41) is 1.94. The number of halogens is 1. The van der Waals surface area contributed by atoms with E-state index in [9.17, 15) is 4.79 Å². The predicted octanol–water partition coefficient (Wildman–Crippen LogP) is 7.04. The zero-order valence-corrected chi connectivity index (χ0v) is 19.6. The molecular formula is C24H26BrNO2Si. The van der Waals surface area contributed by atoms with Crippen LogP contribution in [-0.2, 0) is 4.53 Å². The minimum atomic E-state index is -1.93. The van der Waals surface area contributed by atoms with Gasteiger partial charge in [-0.25, -0.2) is 0 Å². The zero-order chi connectivity index (χ0) is 20.9.